The molecule has 272 valence electrons. The second-order valence-corrected chi connectivity index (χ2v) is 12.3. The first-order valence-corrected chi connectivity index (χ1v) is 16.6. The highest BCUT2D eigenvalue weighted by Gasteiger charge is 2.40. The normalized spacial score (nSPS) is 15.6. The molecule has 2 atom stereocenters. The number of benzene rings is 3. The molecule has 3 aromatic rings. The van der Waals surface area contributed by atoms with Crippen molar-refractivity contribution < 1.29 is 19.0 Å². The van der Waals surface area contributed by atoms with Gasteiger partial charge in [-0.05, 0) is 80.5 Å². The Labute approximate surface area is 303 Å². The highest BCUT2D eigenvalue weighted by atomic mass is 16.5. The van der Waals surface area contributed by atoms with Crippen molar-refractivity contribution in [2.75, 3.05) is 13.7 Å². The Morgan fingerprint density at radius 3 is 1.64 bits per heavy atom. The Balaban J connectivity index is -0.000000598. The fourth-order valence-electron chi connectivity index (χ4n) is 5.28. The summed E-state index contributed by atoms with van der Waals surface area (Å²) in [5, 5.41) is 23.4. The Hall–Kier alpha value is -5.09. The van der Waals surface area contributed by atoms with E-state index < -0.39 is 0 Å². The number of nitrogens with zero attached hydrogens (tertiary/aromatic N) is 4. The number of aryl methyl sites for hydroxylation is 2. The molecule has 0 spiro atoms. The van der Waals surface area contributed by atoms with Crippen LogP contribution >= 0.6 is 0 Å². The monoisotopic (exact) mass is 684 g/mol. The summed E-state index contributed by atoms with van der Waals surface area (Å²) in [5.74, 6) is 0.583. The van der Waals surface area contributed by atoms with E-state index in [2.05, 4.69) is 92.4 Å². The van der Waals surface area contributed by atoms with Gasteiger partial charge in [0.15, 0.2) is 0 Å². The average Bonchev–Trinajstić information content (AvgIpc) is 3.09. The van der Waals surface area contributed by atoms with Gasteiger partial charge in [-0.1, -0.05) is 133 Å². The number of hydrogen-bond donors (Lipinski definition) is 0. The van der Waals surface area contributed by atoms with E-state index in [0.29, 0.717) is 23.2 Å². The van der Waals surface area contributed by atoms with Gasteiger partial charge in [-0.3, -0.25) is 0 Å². The minimum absolute atomic E-state index is 0. The zero-order valence-electron chi connectivity index (χ0n) is 31.2. The molecule has 0 saturated heterocycles. The highest BCUT2D eigenvalue weighted by Crippen LogP contribution is 2.48. The van der Waals surface area contributed by atoms with E-state index in [4.69, 9.17) is 20.5 Å². The maximum Gasteiger partial charge on any atom is 0.292 e. The van der Waals surface area contributed by atoms with Gasteiger partial charge < -0.3 is 14.2 Å². The number of carbonyl (C=O) groups excluding carboxylic acids is 1. The first-order valence-electron chi connectivity index (χ1n) is 16.6. The van der Waals surface area contributed by atoms with Crippen LogP contribution in [0.5, 0.6) is 5.75 Å². The van der Waals surface area contributed by atoms with Crippen LogP contribution in [-0.2, 0) is 20.7 Å². The SMILES string of the molecule is C.CC.CCC1(C)CC(N=C=O)CC(C)(C)C1.CCOC#N.COC#N.Cc1ccc(Cc2ccc(OC#N)cc2)cc1.Cc1ccccc1. The van der Waals surface area contributed by atoms with Crippen molar-refractivity contribution in [3.63, 3.8) is 0 Å². The van der Waals surface area contributed by atoms with Crippen LogP contribution in [-0.4, -0.2) is 25.8 Å². The molecule has 0 bridgehead atoms. The Bertz CT molecular complexity index is 1430. The summed E-state index contributed by atoms with van der Waals surface area (Å²) < 4.78 is 12.7. The lowest BCUT2D eigenvalue weighted by Crippen LogP contribution is -2.37. The molecule has 0 N–H and O–H groups in total. The number of isocyanates is 1. The molecule has 1 aliphatic carbocycles. The lowest BCUT2D eigenvalue weighted by molar-refractivity contribution is 0.0809. The van der Waals surface area contributed by atoms with E-state index in [1.54, 1.807) is 19.3 Å². The molecule has 1 saturated carbocycles. The average molecular weight is 685 g/mol. The molecule has 4 rings (SSSR count). The molecule has 8 nitrogen and oxygen atoms in total. The number of nitriles is 3. The topological polar surface area (TPSA) is 128 Å². The highest BCUT2D eigenvalue weighted by molar-refractivity contribution is 5.34. The van der Waals surface area contributed by atoms with Crippen molar-refractivity contribution >= 4 is 6.08 Å². The van der Waals surface area contributed by atoms with Crippen LogP contribution in [0.2, 0.25) is 0 Å². The molecule has 50 heavy (non-hydrogen) atoms. The minimum Gasteiger partial charge on any atom is -0.431 e. The van der Waals surface area contributed by atoms with Crippen molar-refractivity contribution in [3.05, 3.63) is 101 Å². The van der Waals surface area contributed by atoms with E-state index in [1.807, 2.05) is 56.3 Å². The molecule has 2 unspecified atom stereocenters. The molecule has 0 aliphatic heterocycles. The number of aliphatic imine (C=N–C) groups is 1. The smallest absolute Gasteiger partial charge is 0.292 e. The fourth-order valence-corrected chi connectivity index (χ4v) is 5.28. The number of hydrogen-bond acceptors (Lipinski definition) is 8. The molecule has 0 amide bonds. The molecule has 0 heterocycles. The van der Waals surface area contributed by atoms with Gasteiger partial charge in [0.2, 0.25) is 6.08 Å². The Morgan fingerprint density at radius 2 is 1.28 bits per heavy atom. The predicted octanol–water partition coefficient (Wildman–Crippen LogP) is 11.0. The van der Waals surface area contributed by atoms with Gasteiger partial charge in [-0.25, -0.2) is 9.79 Å². The fraction of sp³-hybridized carbons (Fsp3) is 0.476. The minimum atomic E-state index is 0. The van der Waals surface area contributed by atoms with Crippen LogP contribution in [0.3, 0.4) is 0 Å². The maximum atomic E-state index is 10.3. The van der Waals surface area contributed by atoms with Crippen molar-refractivity contribution in [2.45, 2.75) is 108 Å². The quantitative estimate of drug-likeness (QED) is 0.143. The van der Waals surface area contributed by atoms with Crippen LogP contribution in [0.15, 0.2) is 83.9 Å². The molecular weight excluding hydrogens is 624 g/mol. The van der Waals surface area contributed by atoms with Gasteiger partial charge in [-0.15, -0.1) is 5.26 Å². The predicted molar refractivity (Wildman–Crippen MR) is 204 cm³/mol. The van der Waals surface area contributed by atoms with Gasteiger partial charge >= 0.3 is 0 Å². The number of methoxy groups -OCH3 is 1. The van der Waals surface area contributed by atoms with Gasteiger partial charge in [0.05, 0.1) is 19.8 Å². The second-order valence-electron chi connectivity index (χ2n) is 12.3. The number of rotatable bonds is 6. The van der Waals surface area contributed by atoms with E-state index >= 15 is 0 Å². The Morgan fingerprint density at radius 1 is 0.780 bits per heavy atom. The van der Waals surface area contributed by atoms with Crippen LogP contribution < -0.4 is 4.74 Å². The van der Waals surface area contributed by atoms with Crippen LogP contribution in [0.25, 0.3) is 0 Å². The largest absolute Gasteiger partial charge is 0.431 e. The molecule has 3 aromatic carbocycles. The van der Waals surface area contributed by atoms with Gasteiger partial charge in [0.1, 0.15) is 5.75 Å². The summed E-state index contributed by atoms with van der Waals surface area (Å²) in [5.41, 5.74) is 5.75. The zero-order chi connectivity index (χ0) is 37.6. The summed E-state index contributed by atoms with van der Waals surface area (Å²) in [6.45, 7) is 19.5. The van der Waals surface area contributed by atoms with Crippen molar-refractivity contribution in [1.29, 1.82) is 15.8 Å². The third kappa shape index (κ3) is 25.0. The van der Waals surface area contributed by atoms with Crippen LogP contribution in [0, 0.1) is 59.2 Å². The third-order valence-electron chi connectivity index (χ3n) is 7.37. The summed E-state index contributed by atoms with van der Waals surface area (Å²) in [6, 6.07) is 26.5. The zero-order valence-corrected chi connectivity index (χ0v) is 31.2. The van der Waals surface area contributed by atoms with E-state index in [-0.39, 0.29) is 13.5 Å². The molecule has 0 radical (unpaired) electrons. The molecule has 1 aliphatic rings. The summed E-state index contributed by atoms with van der Waals surface area (Å²) in [6.07, 6.45) is 11.7. The summed E-state index contributed by atoms with van der Waals surface area (Å²) >= 11 is 0. The lowest BCUT2D eigenvalue weighted by atomic mass is 9.62. The number of ether oxygens (including phenoxy) is 3. The van der Waals surface area contributed by atoms with Gasteiger partial charge in [0.25, 0.3) is 18.8 Å². The van der Waals surface area contributed by atoms with E-state index in [9.17, 15) is 4.79 Å². The maximum absolute atomic E-state index is 10.3. The van der Waals surface area contributed by atoms with Crippen molar-refractivity contribution in [1.82, 2.24) is 0 Å². The molecule has 1 fully saturated rings. The standard InChI is InChI=1S/C15H13NO.C12H21NO.C7H8.C3H5NO.C2H3NO.C2H6.CH4/c1-12-2-4-13(5-3-12)10-14-6-8-15(9-7-14)17-11-16;1-5-12(4)7-10(13-9-14)6-11(2,3)8-12;1-7-5-3-2-4-6-7;1-2-5-3-4;1-4-2-3;1-2;/h2-9H,10H2,1H3;10H,5-8H2,1-4H3;2-6H,1H3;2H2,1H3;1H3;1-2H3;1H4. The van der Waals surface area contributed by atoms with Crippen LogP contribution in [0.4, 0.5) is 0 Å². The van der Waals surface area contributed by atoms with Crippen molar-refractivity contribution in [2.24, 2.45) is 15.8 Å². The lowest BCUT2D eigenvalue weighted by Gasteiger charge is -2.44. The van der Waals surface area contributed by atoms with Crippen molar-refractivity contribution in [3.8, 4) is 24.5 Å². The van der Waals surface area contributed by atoms with Gasteiger partial charge in [0, 0.05) is 0 Å². The first-order chi connectivity index (χ1) is 23.4. The summed E-state index contributed by atoms with van der Waals surface area (Å²) in [4.78, 5) is 14.2. The summed E-state index contributed by atoms with van der Waals surface area (Å²) in [7, 11) is 1.32. The van der Waals surface area contributed by atoms with E-state index in [0.717, 1.165) is 19.3 Å². The molecule has 0 aromatic heterocycles. The Kier molecular flexibility index (Phi) is 29.6. The van der Waals surface area contributed by atoms with E-state index in [1.165, 1.54) is 54.7 Å². The third-order valence-corrected chi connectivity index (χ3v) is 7.37. The first kappa shape index (κ1) is 49.3. The van der Waals surface area contributed by atoms with Gasteiger partial charge in [-0.2, -0.15) is 10.5 Å². The molecular formula is C42H60N4O4. The van der Waals surface area contributed by atoms with Crippen LogP contribution in [0.1, 0.15) is 104 Å². The second kappa shape index (κ2) is 30.0. The molecule has 8 heteroatoms.